The van der Waals surface area contributed by atoms with Crippen LogP contribution in [0.25, 0.3) is 0 Å². The van der Waals surface area contributed by atoms with E-state index in [4.69, 9.17) is 9.47 Å². The van der Waals surface area contributed by atoms with Crippen LogP contribution >= 0.6 is 0 Å². The van der Waals surface area contributed by atoms with Crippen molar-refractivity contribution in [3.63, 3.8) is 0 Å². The summed E-state index contributed by atoms with van der Waals surface area (Å²) in [7, 11) is 0. The minimum atomic E-state index is -0.692. The predicted molar refractivity (Wildman–Crippen MR) is 124 cm³/mol. The van der Waals surface area contributed by atoms with E-state index in [1.165, 1.54) is 0 Å². The molecule has 2 aromatic carbocycles. The van der Waals surface area contributed by atoms with Crippen molar-refractivity contribution in [2.45, 2.75) is 45.4 Å². The molecule has 3 rings (SSSR count). The molecule has 1 atom stereocenters. The maximum Gasteiger partial charge on any atom is 0.407 e. The Morgan fingerprint density at radius 1 is 0.912 bits per heavy atom. The van der Waals surface area contributed by atoms with Gasteiger partial charge in [-0.1, -0.05) is 42.5 Å². The van der Waals surface area contributed by atoms with E-state index < -0.39 is 35.6 Å². The first-order chi connectivity index (χ1) is 16.1. The highest BCUT2D eigenvalue weighted by atomic mass is 16.6. The first-order valence-corrected chi connectivity index (χ1v) is 11.0. The number of rotatable bonds is 8. The average molecular weight is 468 g/mol. The standard InChI is InChI=1S/C25H29N3O6/c1-25(2,3)34-23(31)26-14-13-18(27-24(32)33-16-17-9-5-4-6-10-17)15-28-21(29)19-11-7-8-12-20(19)22(28)30/h4-12,18H,13-16H2,1-3H3,(H,26,31)(H,27,32)/t18-/m1/s1. The average Bonchev–Trinajstić information content (AvgIpc) is 3.02. The van der Waals surface area contributed by atoms with Gasteiger partial charge in [-0.2, -0.15) is 0 Å². The van der Waals surface area contributed by atoms with E-state index in [2.05, 4.69) is 10.6 Å². The van der Waals surface area contributed by atoms with Crippen LogP contribution in [0.15, 0.2) is 54.6 Å². The molecule has 4 amide bonds. The Bertz CT molecular complexity index is 1010. The summed E-state index contributed by atoms with van der Waals surface area (Å²) in [5.74, 6) is -0.852. The summed E-state index contributed by atoms with van der Waals surface area (Å²) in [4.78, 5) is 51.0. The van der Waals surface area contributed by atoms with E-state index in [1.807, 2.05) is 30.3 Å². The number of carbonyl (C=O) groups is 4. The number of alkyl carbamates (subject to hydrolysis) is 2. The third-order valence-electron chi connectivity index (χ3n) is 4.98. The second kappa shape index (κ2) is 10.8. The zero-order chi connectivity index (χ0) is 24.7. The Kier molecular flexibility index (Phi) is 7.88. The van der Waals surface area contributed by atoms with E-state index in [9.17, 15) is 19.2 Å². The van der Waals surface area contributed by atoms with Crippen molar-refractivity contribution in [3.05, 3.63) is 71.3 Å². The molecule has 0 unspecified atom stereocenters. The maximum atomic E-state index is 12.7. The fourth-order valence-corrected chi connectivity index (χ4v) is 3.43. The van der Waals surface area contributed by atoms with Crippen LogP contribution in [-0.4, -0.2) is 53.6 Å². The zero-order valence-electron chi connectivity index (χ0n) is 19.5. The van der Waals surface area contributed by atoms with Crippen molar-refractivity contribution in [3.8, 4) is 0 Å². The van der Waals surface area contributed by atoms with Crippen LogP contribution in [0.1, 0.15) is 53.5 Å². The molecule has 0 radical (unpaired) electrons. The minimum Gasteiger partial charge on any atom is -0.445 e. The van der Waals surface area contributed by atoms with Crippen LogP contribution in [0.4, 0.5) is 9.59 Å². The Balaban J connectivity index is 1.62. The summed E-state index contributed by atoms with van der Waals surface area (Å²) in [6.07, 6.45) is -1.05. The molecule has 0 aromatic heterocycles. The molecule has 0 aliphatic carbocycles. The normalized spacial score (nSPS) is 13.8. The molecule has 34 heavy (non-hydrogen) atoms. The molecule has 0 saturated heterocycles. The van der Waals surface area contributed by atoms with E-state index in [0.717, 1.165) is 10.5 Å². The van der Waals surface area contributed by atoms with Crippen LogP contribution in [0.2, 0.25) is 0 Å². The third-order valence-corrected chi connectivity index (χ3v) is 4.98. The molecule has 9 heteroatoms. The van der Waals surface area contributed by atoms with Gasteiger partial charge in [0.25, 0.3) is 11.8 Å². The number of amides is 4. The number of ether oxygens (including phenoxy) is 2. The van der Waals surface area contributed by atoms with Crippen LogP contribution in [0.5, 0.6) is 0 Å². The van der Waals surface area contributed by atoms with Crippen molar-refractivity contribution in [1.82, 2.24) is 15.5 Å². The molecule has 0 saturated carbocycles. The van der Waals surface area contributed by atoms with Gasteiger partial charge >= 0.3 is 12.2 Å². The number of fused-ring (bicyclic) bond motifs is 1. The molecule has 1 heterocycles. The van der Waals surface area contributed by atoms with Crippen LogP contribution in [0.3, 0.4) is 0 Å². The Morgan fingerprint density at radius 3 is 2.09 bits per heavy atom. The largest absolute Gasteiger partial charge is 0.445 e. The number of hydrogen-bond acceptors (Lipinski definition) is 6. The summed E-state index contributed by atoms with van der Waals surface area (Å²) in [5, 5.41) is 5.33. The summed E-state index contributed by atoms with van der Waals surface area (Å²) in [6.45, 7) is 5.42. The van der Waals surface area contributed by atoms with Gasteiger partial charge in [0.1, 0.15) is 12.2 Å². The quantitative estimate of drug-likeness (QED) is 0.575. The van der Waals surface area contributed by atoms with Gasteiger partial charge in [-0.25, -0.2) is 9.59 Å². The van der Waals surface area contributed by atoms with E-state index in [1.54, 1.807) is 45.0 Å². The molecule has 0 fully saturated rings. The van der Waals surface area contributed by atoms with Crippen LogP contribution < -0.4 is 10.6 Å². The van der Waals surface area contributed by atoms with Crippen molar-refractivity contribution < 1.29 is 28.7 Å². The smallest absolute Gasteiger partial charge is 0.407 e. The molecule has 0 bridgehead atoms. The predicted octanol–water partition coefficient (Wildman–Crippen LogP) is 3.49. The Morgan fingerprint density at radius 2 is 1.50 bits per heavy atom. The lowest BCUT2D eigenvalue weighted by molar-refractivity contribution is 0.0518. The van der Waals surface area contributed by atoms with Crippen LogP contribution in [0, 0.1) is 0 Å². The van der Waals surface area contributed by atoms with E-state index >= 15 is 0 Å². The van der Waals surface area contributed by atoms with Gasteiger partial charge in [0.05, 0.1) is 17.2 Å². The minimum absolute atomic E-state index is 0.0667. The highest BCUT2D eigenvalue weighted by Crippen LogP contribution is 2.22. The zero-order valence-corrected chi connectivity index (χ0v) is 19.5. The molecule has 1 aliphatic heterocycles. The van der Waals surface area contributed by atoms with E-state index in [-0.39, 0.29) is 26.1 Å². The van der Waals surface area contributed by atoms with Crippen molar-refractivity contribution in [2.75, 3.05) is 13.1 Å². The summed E-state index contributed by atoms with van der Waals surface area (Å²) < 4.78 is 10.5. The molecule has 9 nitrogen and oxygen atoms in total. The van der Waals surface area contributed by atoms with Gasteiger partial charge in [0.15, 0.2) is 0 Å². The highest BCUT2D eigenvalue weighted by molar-refractivity contribution is 6.21. The SMILES string of the molecule is CC(C)(C)OC(=O)NCC[C@H](CN1C(=O)c2ccccc2C1=O)NC(=O)OCc1ccccc1. The number of nitrogens with one attached hydrogen (secondary N) is 2. The van der Waals surface area contributed by atoms with Crippen molar-refractivity contribution in [2.24, 2.45) is 0 Å². The monoisotopic (exact) mass is 467 g/mol. The molecule has 0 spiro atoms. The molecular formula is C25H29N3O6. The van der Waals surface area contributed by atoms with Crippen LogP contribution in [-0.2, 0) is 16.1 Å². The number of hydrogen-bond donors (Lipinski definition) is 2. The van der Waals surface area contributed by atoms with E-state index in [0.29, 0.717) is 11.1 Å². The molecule has 2 N–H and O–H groups in total. The Labute approximate surface area is 198 Å². The number of nitrogens with zero attached hydrogens (tertiary/aromatic N) is 1. The second-order valence-corrected chi connectivity index (χ2v) is 8.89. The lowest BCUT2D eigenvalue weighted by Crippen LogP contribution is -2.47. The summed E-state index contributed by atoms with van der Waals surface area (Å²) in [6, 6.07) is 15.1. The van der Waals surface area contributed by atoms with Gasteiger partial charge in [0, 0.05) is 13.1 Å². The highest BCUT2D eigenvalue weighted by Gasteiger charge is 2.36. The summed E-state index contributed by atoms with van der Waals surface area (Å²) in [5.41, 5.74) is 0.819. The molecule has 180 valence electrons. The Hall–Kier alpha value is -3.88. The lowest BCUT2D eigenvalue weighted by atomic mass is 10.1. The van der Waals surface area contributed by atoms with Crippen molar-refractivity contribution in [1.29, 1.82) is 0 Å². The molecular weight excluding hydrogens is 438 g/mol. The third kappa shape index (κ3) is 6.81. The molecule has 2 aromatic rings. The van der Waals surface area contributed by atoms with Gasteiger partial charge in [-0.3, -0.25) is 14.5 Å². The number of carbonyl (C=O) groups excluding carboxylic acids is 4. The van der Waals surface area contributed by atoms with Gasteiger partial charge in [-0.05, 0) is 44.9 Å². The molecule has 1 aliphatic rings. The fourth-order valence-electron chi connectivity index (χ4n) is 3.43. The lowest BCUT2D eigenvalue weighted by Gasteiger charge is -2.24. The van der Waals surface area contributed by atoms with Gasteiger partial charge in [-0.15, -0.1) is 0 Å². The first kappa shape index (κ1) is 24.8. The van der Waals surface area contributed by atoms with Gasteiger partial charge < -0.3 is 20.1 Å². The number of benzene rings is 2. The summed E-state index contributed by atoms with van der Waals surface area (Å²) >= 11 is 0. The topological polar surface area (TPSA) is 114 Å². The van der Waals surface area contributed by atoms with Crippen molar-refractivity contribution >= 4 is 24.0 Å². The number of imide groups is 1. The van der Waals surface area contributed by atoms with Gasteiger partial charge in [0.2, 0.25) is 0 Å². The fraction of sp³-hybridized carbons (Fsp3) is 0.360. The second-order valence-electron chi connectivity index (χ2n) is 8.89. The maximum absolute atomic E-state index is 12.7. The first-order valence-electron chi connectivity index (χ1n) is 11.0.